The third kappa shape index (κ3) is 4.43. The van der Waals surface area contributed by atoms with Crippen molar-refractivity contribution in [1.82, 2.24) is 15.2 Å². The maximum absolute atomic E-state index is 11.8. The second-order valence-electron chi connectivity index (χ2n) is 5.45. The molecule has 1 amide bonds. The van der Waals surface area contributed by atoms with E-state index in [2.05, 4.69) is 33.1 Å². The van der Waals surface area contributed by atoms with Crippen LogP contribution in [0.25, 0.3) is 0 Å². The summed E-state index contributed by atoms with van der Waals surface area (Å²) in [6.07, 6.45) is 3.82. The smallest absolute Gasteiger partial charge is 0.234 e. The maximum Gasteiger partial charge on any atom is 0.234 e. The van der Waals surface area contributed by atoms with Crippen LogP contribution in [0.15, 0.2) is 18.3 Å². The molecule has 2 heterocycles. The number of anilines is 1. The van der Waals surface area contributed by atoms with Crippen molar-refractivity contribution in [3.8, 4) is 6.07 Å². The minimum absolute atomic E-state index is 0.0949. The number of unbranched alkanes of at least 4 members (excludes halogenated alkanes) is 1. The molecule has 0 aromatic carbocycles. The molecule has 118 valence electrons. The van der Waals surface area contributed by atoms with Gasteiger partial charge < -0.3 is 10.2 Å². The minimum Gasteiger partial charge on any atom is -0.355 e. The summed E-state index contributed by atoms with van der Waals surface area (Å²) in [7, 11) is 0. The van der Waals surface area contributed by atoms with Gasteiger partial charge in [-0.25, -0.2) is 4.98 Å². The van der Waals surface area contributed by atoms with Crippen LogP contribution < -0.4 is 10.2 Å². The van der Waals surface area contributed by atoms with E-state index < -0.39 is 0 Å². The van der Waals surface area contributed by atoms with Crippen LogP contribution >= 0.6 is 0 Å². The fourth-order valence-corrected chi connectivity index (χ4v) is 2.52. The van der Waals surface area contributed by atoms with Crippen molar-refractivity contribution in [1.29, 1.82) is 5.26 Å². The highest BCUT2D eigenvalue weighted by Gasteiger charge is 2.21. The Bertz CT molecular complexity index is 532. The van der Waals surface area contributed by atoms with Crippen LogP contribution in [-0.2, 0) is 4.79 Å². The Morgan fingerprint density at radius 2 is 2.18 bits per heavy atom. The van der Waals surface area contributed by atoms with Gasteiger partial charge in [0, 0.05) is 38.9 Å². The number of nitrogens with one attached hydrogen (secondary N) is 1. The van der Waals surface area contributed by atoms with Gasteiger partial charge in [-0.1, -0.05) is 13.3 Å². The van der Waals surface area contributed by atoms with Crippen LogP contribution in [0, 0.1) is 11.3 Å². The Hall–Kier alpha value is -2.13. The quantitative estimate of drug-likeness (QED) is 0.793. The van der Waals surface area contributed by atoms with Crippen LogP contribution in [0.5, 0.6) is 0 Å². The maximum atomic E-state index is 11.8. The van der Waals surface area contributed by atoms with Crippen molar-refractivity contribution in [3.05, 3.63) is 23.9 Å². The first-order chi connectivity index (χ1) is 10.7. The van der Waals surface area contributed by atoms with E-state index in [0.29, 0.717) is 12.1 Å². The van der Waals surface area contributed by atoms with E-state index in [4.69, 9.17) is 5.26 Å². The van der Waals surface area contributed by atoms with Crippen molar-refractivity contribution in [2.24, 2.45) is 0 Å². The first kappa shape index (κ1) is 16.2. The number of aromatic nitrogens is 1. The van der Waals surface area contributed by atoms with Gasteiger partial charge >= 0.3 is 0 Å². The highest BCUT2D eigenvalue weighted by Crippen LogP contribution is 2.17. The van der Waals surface area contributed by atoms with Crippen molar-refractivity contribution >= 4 is 11.7 Å². The number of nitriles is 1. The lowest BCUT2D eigenvalue weighted by molar-refractivity contribution is -0.122. The standard InChI is InChI=1S/C16H23N5O/c1-2-3-6-18-15(22)13-20-8-10-21(11-9-20)16-14(12-17)5-4-7-19-16/h4-5,7H,2-3,6,8-11,13H2,1H3,(H,18,22). The van der Waals surface area contributed by atoms with Gasteiger partial charge in [0.2, 0.25) is 5.91 Å². The van der Waals surface area contributed by atoms with E-state index >= 15 is 0 Å². The number of carbonyl (C=O) groups excluding carboxylic acids is 1. The lowest BCUT2D eigenvalue weighted by Crippen LogP contribution is -2.50. The molecule has 1 aliphatic rings. The van der Waals surface area contributed by atoms with E-state index in [1.807, 2.05) is 0 Å². The molecule has 1 aliphatic heterocycles. The van der Waals surface area contributed by atoms with E-state index in [0.717, 1.165) is 51.4 Å². The number of amides is 1. The number of pyridine rings is 1. The second kappa shape index (κ2) is 8.35. The van der Waals surface area contributed by atoms with Gasteiger partial charge in [-0.2, -0.15) is 5.26 Å². The lowest BCUT2D eigenvalue weighted by atomic mass is 10.2. The predicted octanol–water partition coefficient (Wildman–Crippen LogP) is 0.992. The second-order valence-corrected chi connectivity index (χ2v) is 5.45. The normalized spacial score (nSPS) is 15.4. The molecule has 6 heteroatoms. The third-order valence-electron chi connectivity index (χ3n) is 3.80. The number of hydrogen-bond donors (Lipinski definition) is 1. The van der Waals surface area contributed by atoms with E-state index in [1.165, 1.54) is 0 Å². The molecule has 1 aromatic heterocycles. The fraction of sp³-hybridized carbons (Fsp3) is 0.562. The van der Waals surface area contributed by atoms with Crippen LogP contribution in [0.4, 0.5) is 5.82 Å². The molecule has 0 radical (unpaired) electrons. The van der Waals surface area contributed by atoms with Gasteiger partial charge in [0.1, 0.15) is 11.9 Å². The van der Waals surface area contributed by atoms with Gasteiger partial charge in [-0.3, -0.25) is 9.69 Å². The number of hydrogen-bond acceptors (Lipinski definition) is 5. The summed E-state index contributed by atoms with van der Waals surface area (Å²) in [5, 5.41) is 12.1. The molecule has 1 aromatic rings. The third-order valence-corrected chi connectivity index (χ3v) is 3.80. The number of rotatable bonds is 6. The average molecular weight is 301 g/mol. The zero-order valence-electron chi connectivity index (χ0n) is 13.1. The van der Waals surface area contributed by atoms with Gasteiger partial charge in [-0.05, 0) is 18.6 Å². The van der Waals surface area contributed by atoms with Gasteiger partial charge in [0.15, 0.2) is 0 Å². The van der Waals surface area contributed by atoms with Gasteiger partial charge in [0.05, 0.1) is 12.1 Å². The molecule has 2 rings (SSSR count). The zero-order valence-corrected chi connectivity index (χ0v) is 13.1. The number of piperazine rings is 1. The molecule has 22 heavy (non-hydrogen) atoms. The Labute approximate surface area is 131 Å². The molecule has 1 N–H and O–H groups in total. The Kier molecular flexibility index (Phi) is 6.16. The molecule has 0 aliphatic carbocycles. The average Bonchev–Trinajstić information content (AvgIpc) is 2.56. The summed E-state index contributed by atoms with van der Waals surface area (Å²) in [5.41, 5.74) is 0.605. The summed E-state index contributed by atoms with van der Waals surface area (Å²) in [5.74, 6) is 0.842. The minimum atomic E-state index is 0.0949. The summed E-state index contributed by atoms with van der Waals surface area (Å²) < 4.78 is 0. The summed E-state index contributed by atoms with van der Waals surface area (Å²) in [4.78, 5) is 20.4. The number of nitrogens with zero attached hydrogens (tertiary/aromatic N) is 4. The van der Waals surface area contributed by atoms with Gasteiger partial charge in [-0.15, -0.1) is 0 Å². The van der Waals surface area contributed by atoms with Crippen molar-refractivity contribution in [2.75, 3.05) is 44.2 Å². The molecular formula is C16H23N5O. The highest BCUT2D eigenvalue weighted by molar-refractivity contribution is 5.78. The molecule has 0 unspecified atom stereocenters. The molecule has 1 saturated heterocycles. The topological polar surface area (TPSA) is 72.3 Å². The molecule has 0 spiro atoms. The summed E-state index contributed by atoms with van der Waals surface area (Å²) in [6.45, 7) is 6.51. The Balaban J connectivity index is 1.81. The van der Waals surface area contributed by atoms with Crippen LogP contribution in [0.1, 0.15) is 25.3 Å². The lowest BCUT2D eigenvalue weighted by Gasteiger charge is -2.35. The van der Waals surface area contributed by atoms with E-state index in [9.17, 15) is 4.79 Å². The van der Waals surface area contributed by atoms with E-state index in [1.54, 1.807) is 18.3 Å². The highest BCUT2D eigenvalue weighted by atomic mass is 16.2. The van der Waals surface area contributed by atoms with Gasteiger partial charge in [0.25, 0.3) is 0 Å². The monoisotopic (exact) mass is 301 g/mol. The molecule has 0 saturated carbocycles. The molecule has 6 nitrogen and oxygen atoms in total. The fourth-order valence-electron chi connectivity index (χ4n) is 2.52. The van der Waals surface area contributed by atoms with Crippen molar-refractivity contribution < 1.29 is 4.79 Å². The summed E-state index contributed by atoms with van der Waals surface area (Å²) in [6, 6.07) is 5.75. The van der Waals surface area contributed by atoms with Crippen molar-refractivity contribution in [3.63, 3.8) is 0 Å². The molecule has 1 fully saturated rings. The van der Waals surface area contributed by atoms with Crippen molar-refractivity contribution in [2.45, 2.75) is 19.8 Å². The predicted molar refractivity (Wildman–Crippen MR) is 85.5 cm³/mol. The largest absolute Gasteiger partial charge is 0.355 e. The Morgan fingerprint density at radius 1 is 1.41 bits per heavy atom. The molecule has 0 bridgehead atoms. The Morgan fingerprint density at radius 3 is 2.86 bits per heavy atom. The van der Waals surface area contributed by atoms with Crippen LogP contribution in [-0.4, -0.2) is 55.1 Å². The SMILES string of the molecule is CCCCNC(=O)CN1CCN(c2ncccc2C#N)CC1. The van der Waals surface area contributed by atoms with Crippen LogP contribution in [0.3, 0.4) is 0 Å². The van der Waals surface area contributed by atoms with Crippen LogP contribution in [0.2, 0.25) is 0 Å². The zero-order chi connectivity index (χ0) is 15.8. The first-order valence-corrected chi connectivity index (χ1v) is 7.83. The summed E-state index contributed by atoms with van der Waals surface area (Å²) >= 11 is 0. The van der Waals surface area contributed by atoms with E-state index in [-0.39, 0.29) is 5.91 Å². The molecular weight excluding hydrogens is 278 g/mol. The molecule has 0 atom stereocenters. The number of carbonyl (C=O) groups is 1. The first-order valence-electron chi connectivity index (χ1n) is 7.83.